The second-order valence-corrected chi connectivity index (χ2v) is 6.29. The molecule has 0 heterocycles. The molecule has 1 aliphatic carbocycles. The fourth-order valence-corrected chi connectivity index (χ4v) is 2.71. The summed E-state index contributed by atoms with van der Waals surface area (Å²) in [5.41, 5.74) is 2.44. The molecule has 82 valence electrons. The lowest BCUT2D eigenvalue weighted by Gasteiger charge is -2.47. The monoisotopic (exact) mass is 218 g/mol. The fraction of sp³-hybridized carbons (Fsp3) is 0.800. The molecule has 1 unspecified atom stereocenters. The first-order valence-corrected chi connectivity index (χ1v) is 6.51. The van der Waals surface area contributed by atoms with Crippen molar-refractivity contribution < 1.29 is 12.6 Å². The Morgan fingerprint density at radius 2 is 1.93 bits per heavy atom. The summed E-state index contributed by atoms with van der Waals surface area (Å²) < 4.78 is 26.9. The smallest absolute Gasteiger partial charge is 0.264 e. The van der Waals surface area contributed by atoms with Crippen LogP contribution in [0.15, 0.2) is 11.1 Å². The van der Waals surface area contributed by atoms with Crippen LogP contribution in [0, 0.1) is 5.41 Å². The van der Waals surface area contributed by atoms with Crippen molar-refractivity contribution in [3.63, 3.8) is 0 Å². The number of allylic oxidation sites excluding steroid dienone is 1. The van der Waals surface area contributed by atoms with E-state index in [1.54, 1.807) is 0 Å². The van der Waals surface area contributed by atoms with Crippen LogP contribution in [-0.2, 0) is 14.3 Å². The van der Waals surface area contributed by atoms with Gasteiger partial charge in [0.2, 0.25) is 0 Å². The third kappa shape index (κ3) is 2.17. The van der Waals surface area contributed by atoms with Gasteiger partial charge in [0.15, 0.2) is 0 Å². The highest BCUT2D eigenvalue weighted by atomic mass is 32.2. The molecule has 0 aromatic heterocycles. The highest BCUT2D eigenvalue weighted by molar-refractivity contribution is 7.86. The van der Waals surface area contributed by atoms with E-state index in [-0.39, 0.29) is 11.5 Å². The van der Waals surface area contributed by atoms with Gasteiger partial charge >= 0.3 is 0 Å². The third-order valence-corrected chi connectivity index (χ3v) is 3.45. The Morgan fingerprint density at radius 1 is 1.43 bits per heavy atom. The largest absolute Gasteiger partial charge is 0.266 e. The van der Waals surface area contributed by atoms with E-state index in [1.165, 1.54) is 11.1 Å². The summed E-state index contributed by atoms with van der Waals surface area (Å²) in [6.07, 6.45) is 1.65. The van der Waals surface area contributed by atoms with Crippen molar-refractivity contribution in [2.24, 2.45) is 5.41 Å². The molecule has 0 radical (unpaired) electrons. The van der Waals surface area contributed by atoms with E-state index in [0.717, 1.165) is 12.7 Å². The highest BCUT2D eigenvalue weighted by Crippen LogP contribution is 2.49. The third-order valence-electron chi connectivity index (χ3n) is 2.87. The van der Waals surface area contributed by atoms with E-state index in [4.69, 9.17) is 4.18 Å². The van der Waals surface area contributed by atoms with E-state index >= 15 is 0 Å². The second kappa shape index (κ2) is 3.35. The summed E-state index contributed by atoms with van der Waals surface area (Å²) in [6, 6.07) is 0. The lowest BCUT2D eigenvalue weighted by atomic mass is 9.63. The van der Waals surface area contributed by atoms with Gasteiger partial charge < -0.3 is 0 Å². The zero-order valence-corrected chi connectivity index (χ0v) is 10.2. The Labute approximate surface area is 86.3 Å². The summed E-state index contributed by atoms with van der Waals surface area (Å²) in [5.74, 6) is 0. The number of hydrogen-bond donors (Lipinski definition) is 0. The molecule has 0 spiro atoms. The van der Waals surface area contributed by atoms with Crippen LogP contribution in [0.25, 0.3) is 0 Å². The minimum Gasteiger partial charge on any atom is -0.266 e. The standard InChI is InChI=1S/C10H18O3S/c1-7(2)8-6-9(10(8,3)4)13-14(5,11)12/h9H,6H2,1-5H3. The first kappa shape index (κ1) is 11.7. The topological polar surface area (TPSA) is 43.4 Å². The average molecular weight is 218 g/mol. The lowest BCUT2D eigenvalue weighted by Crippen LogP contribution is -2.46. The van der Waals surface area contributed by atoms with Crippen molar-refractivity contribution in [1.82, 2.24) is 0 Å². The molecule has 0 aromatic rings. The minimum absolute atomic E-state index is 0.137. The van der Waals surface area contributed by atoms with Crippen LogP contribution in [0.4, 0.5) is 0 Å². The number of hydrogen-bond acceptors (Lipinski definition) is 3. The maximum atomic E-state index is 11.0. The second-order valence-electron chi connectivity index (χ2n) is 4.69. The maximum absolute atomic E-state index is 11.0. The molecule has 0 bridgehead atoms. The van der Waals surface area contributed by atoms with Gasteiger partial charge in [-0.05, 0) is 20.3 Å². The predicted octanol–water partition coefficient (Wildman–Crippen LogP) is 2.10. The maximum Gasteiger partial charge on any atom is 0.264 e. The quantitative estimate of drug-likeness (QED) is 0.526. The van der Waals surface area contributed by atoms with Crippen molar-refractivity contribution in [3.05, 3.63) is 11.1 Å². The molecule has 3 nitrogen and oxygen atoms in total. The Hall–Kier alpha value is -0.350. The molecule has 0 aliphatic heterocycles. The molecule has 1 fully saturated rings. The van der Waals surface area contributed by atoms with Gasteiger partial charge in [0.1, 0.15) is 0 Å². The predicted molar refractivity (Wildman–Crippen MR) is 56.5 cm³/mol. The van der Waals surface area contributed by atoms with Gasteiger partial charge in [0.05, 0.1) is 12.4 Å². The molecule has 14 heavy (non-hydrogen) atoms. The Balaban J connectivity index is 2.79. The van der Waals surface area contributed by atoms with E-state index in [9.17, 15) is 8.42 Å². The van der Waals surface area contributed by atoms with Crippen LogP contribution in [0.2, 0.25) is 0 Å². The van der Waals surface area contributed by atoms with E-state index < -0.39 is 10.1 Å². The van der Waals surface area contributed by atoms with E-state index in [0.29, 0.717) is 0 Å². The van der Waals surface area contributed by atoms with Crippen molar-refractivity contribution >= 4 is 10.1 Å². The molecule has 0 amide bonds. The van der Waals surface area contributed by atoms with Crippen LogP contribution >= 0.6 is 0 Å². The van der Waals surface area contributed by atoms with E-state index in [1.807, 2.05) is 27.7 Å². The van der Waals surface area contributed by atoms with Crippen molar-refractivity contribution in [2.75, 3.05) is 6.26 Å². The van der Waals surface area contributed by atoms with Crippen molar-refractivity contribution in [3.8, 4) is 0 Å². The van der Waals surface area contributed by atoms with Gasteiger partial charge in [-0.25, -0.2) is 0 Å². The van der Waals surface area contributed by atoms with Crippen LogP contribution in [0.5, 0.6) is 0 Å². The molecule has 1 rings (SSSR count). The van der Waals surface area contributed by atoms with E-state index in [2.05, 4.69) is 0 Å². The molecular weight excluding hydrogens is 200 g/mol. The normalized spacial score (nSPS) is 25.8. The first-order chi connectivity index (χ1) is 6.14. The van der Waals surface area contributed by atoms with Crippen molar-refractivity contribution in [1.29, 1.82) is 0 Å². The van der Waals surface area contributed by atoms with Gasteiger partial charge in [-0.3, -0.25) is 4.18 Å². The minimum atomic E-state index is -3.33. The SMILES string of the molecule is CC(C)=C1CC(OS(C)(=O)=O)C1(C)C. The molecule has 1 saturated carbocycles. The molecule has 4 heteroatoms. The van der Waals surface area contributed by atoms with Gasteiger partial charge in [-0.1, -0.05) is 25.0 Å². The Bertz CT molecular complexity index is 359. The summed E-state index contributed by atoms with van der Waals surface area (Å²) in [7, 11) is -3.33. The van der Waals surface area contributed by atoms with Gasteiger partial charge in [0, 0.05) is 5.41 Å². The van der Waals surface area contributed by atoms with Gasteiger partial charge in [0.25, 0.3) is 10.1 Å². The summed E-state index contributed by atoms with van der Waals surface area (Å²) in [4.78, 5) is 0. The Morgan fingerprint density at radius 3 is 2.21 bits per heavy atom. The van der Waals surface area contributed by atoms with Gasteiger partial charge in [-0.15, -0.1) is 0 Å². The molecule has 0 aromatic carbocycles. The molecular formula is C10H18O3S. The lowest BCUT2D eigenvalue weighted by molar-refractivity contribution is 0.0456. The van der Waals surface area contributed by atoms with Crippen LogP contribution in [0.1, 0.15) is 34.1 Å². The first-order valence-electron chi connectivity index (χ1n) is 4.69. The molecule has 1 atom stereocenters. The molecule has 1 aliphatic rings. The fourth-order valence-electron chi connectivity index (χ4n) is 1.98. The number of rotatable bonds is 2. The van der Waals surface area contributed by atoms with Crippen LogP contribution < -0.4 is 0 Å². The summed E-state index contributed by atoms with van der Waals surface area (Å²) in [5, 5.41) is 0. The Kier molecular flexibility index (Phi) is 2.80. The zero-order valence-electron chi connectivity index (χ0n) is 9.42. The zero-order chi connectivity index (χ0) is 11.1. The summed E-state index contributed by atoms with van der Waals surface area (Å²) >= 11 is 0. The van der Waals surface area contributed by atoms with Crippen LogP contribution in [0.3, 0.4) is 0 Å². The molecule has 0 saturated heterocycles. The average Bonchev–Trinajstić information content (AvgIpc) is 1.94. The summed E-state index contributed by atoms with van der Waals surface area (Å²) in [6.45, 7) is 8.14. The molecule has 0 N–H and O–H groups in total. The highest BCUT2D eigenvalue weighted by Gasteiger charge is 2.46. The van der Waals surface area contributed by atoms with Gasteiger partial charge in [-0.2, -0.15) is 8.42 Å². The van der Waals surface area contributed by atoms with Crippen molar-refractivity contribution in [2.45, 2.75) is 40.2 Å². The van der Waals surface area contributed by atoms with Crippen LogP contribution in [-0.4, -0.2) is 20.8 Å².